The van der Waals surface area contributed by atoms with Crippen LogP contribution >= 0.6 is 15.9 Å². The molecule has 0 aromatic heterocycles. The minimum absolute atomic E-state index is 0.187. The first kappa shape index (κ1) is 13.1. The van der Waals surface area contributed by atoms with E-state index in [0.717, 1.165) is 12.1 Å². The van der Waals surface area contributed by atoms with Crippen molar-refractivity contribution in [1.29, 1.82) is 0 Å². The second kappa shape index (κ2) is 4.49. The molecule has 0 aliphatic carbocycles. The number of benzene rings is 1. The van der Waals surface area contributed by atoms with Crippen LogP contribution in [0.3, 0.4) is 0 Å². The Morgan fingerprint density at radius 3 is 2.19 bits per heavy atom. The van der Waals surface area contributed by atoms with Crippen LogP contribution in [0.4, 0.5) is 8.78 Å². The zero-order valence-electron chi connectivity index (χ0n) is 8.85. The summed E-state index contributed by atoms with van der Waals surface area (Å²) < 4.78 is 26.3. The molecule has 2 nitrogen and oxygen atoms in total. The van der Waals surface area contributed by atoms with Crippen LogP contribution in [0.1, 0.15) is 25.8 Å². The summed E-state index contributed by atoms with van der Waals surface area (Å²) in [6.07, 6.45) is -0.187. The summed E-state index contributed by atoms with van der Waals surface area (Å²) in [4.78, 5) is 10.6. The second-order valence-electron chi connectivity index (χ2n) is 4.21. The average molecular weight is 293 g/mol. The van der Waals surface area contributed by atoms with E-state index in [0.29, 0.717) is 5.56 Å². The van der Waals surface area contributed by atoms with E-state index in [4.69, 9.17) is 5.11 Å². The molecular formula is C11H11BrF2O2. The van der Waals surface area contributed by atoms with Gasteiger partial charge in [-0.1, -0.05) is 13.8 Å². The van der Waals surface area contributed by atoms with Crippen molar-refractivity contribution in [3.63, 3.8) is 0 Å². The van der Waals surface area contributed by atoms with Crippen LogP contribution in [-0.4, -0.2) is 11.1 Å². The molecule has 1 aromatic rings. The first-order valence-corrected chi connectivity index (χ1v) is 5.40. The predicted octanol–water partition coefficient (Wildman–Crippen LogP) is 3.48. The first-order valence-electron chi connectivity index (χ1n) is 4.61. The third kappa shape index (κ3) is 2.78. The minimum atomic E-state index is -1.01. The lowest BCUT2D eigenvalue weighted by Crippen LogP contribution is -2.22. The maximum absolute atomic E-state index is 13.3. The number of carboxylic acids is 1. The third-order valence-electron chi connectivity index (χ3n) is 2.36. The summed E-state index contributed by atoms with van der Waals surface area (Å²) in [5, 5.41) is 8.71. The van der Waals surface area contributed by atoms with Gasteiger partial charge in [0.05, 0.1) is 10.9 Å². The summed E-state index contributed by atoms with van der Waals surface area (Å²) >= 11 is 2.76. The molecule has 1 N–H and O–H groups in total. The van der Waals surface area contributed by atoms with Gasteiger partial charge in [-0.05, 0) is 33.6 Å². The van der Waals surface area contributed by atoms with E-state index < -0.39 is 23.0 Å². The maximum atomic E-state index is 13.3. The fourth-order valence-corrected chi connectivity index (χ4v) is 1.66. The Kier molecular flexibility index (Phi) is 3.68. The molecule has 0 bridgehead atoms. The molecular weight excluding hydrogens is 282 g/mol. The van der Waals surface area contributed by atoms with E-state index in [-0.39, 0.29) is 10.9 Å². The van der Waals surface area contributed by atoms with Gasteiger partial charge in [-0.3, -0.25) is 4.79 Å². The van der Waals surface area contributed by atoms with Crippen molar-refractivity contribution in [2.24, 2.45) is 0 Å². The largest absolute Gasteiger partial charge is 0.481 e. The van der Waals surface area contributed by atoms with Gasteiger partial charge in [0.2, 0.25) is 0 Å². The van der Waals surface area contributed by atoms with Gasteiger partial charge in [-0.2, -0.15) is 0 Å². The van der Waals surface area contributed by atoms with Crippen LogP contribution in [-0.2, 0) is 10.2 Å². The van der Waals surface area contributed by atoms with Crippen LogP contribution in [0.2, 0.25) is 0 Å². The number of halogens is 3. The van der Waals surface area contributed by atoms with Crippen molar-refractivity contribution in [3.8, 4) is 0 Å². The minimum Gasteiger partial charge on any atom is -0.481 e. The van der Waals surface area contributed by atoms with E-state index in [1.54, 1.807) is 13.8 Å². The normalized spacial score (nSPS) is 11.6. The van der Waals surface area contributed by atoms with Crippen molar-refractivity contribution in [1.82, 2.24) is 0 Å². The van der Waals surface area contributed by atoms with Gasteiger partial charge in [0.25, 0.3) is 0 Å². The number of carbonyl (C=O) groups is 1. The van der Waals surface area contributed by atoms with Crippen LogP contribution < -0.4 is 0 Å². The molecule has 0 saturated heterocycles. The molecule has 0 unspecified atom stereocenters. The van der Waals surface area contributed by atoms with Crippen molar-refractivity contribution in [3.05, 3.63) is 33.8 Å². The summed E-state index contributed by atoms with van der Waals surface area (Å²) in [5.74, 6) is -2.46. The Hall–Kier alpha value is -0.970. The zero-order chi connectivity index (χ0) is 12.5. The lowest BCUT2D eigenvalue weighted by Gasteiger charge is -2.23. The van der Waals surface area contributed by atoms with Gasteiger partial charge in [-0.25, -0.2) is 8.78 Å². The van der Waals surface area contributed by atoms with E-state index in [1.165, 1.54) is 0 Å². The molecule has 0 amide bonds. The van der Waals surface area contributed by atoms with Crippen molar-refractivity contribution in [2.75, 3.05) is 0 Å². The number of aliphatic carboxylic acids is 1. The summed E-state index contributed by atoms with van der Waals surface area (Å²) in [7, 11) is 0. The molecule has 16 heavy (non-hydrogen) atoms. The van der Waals surface area contributed by atoms with Crippen LogP contribution in [0, 0.1) is 11.6 Å². The Morgan fingerprint density at radius 1 is 1.38 bits per heavy atom. The van der Waals surface area contributed by atoms with Crippen LogP contribution in [0.5, 0.6) is 0 Å². The zero-order valence-corrected chi connectivity index (χ0v) is 10.4. The molecule has 88 valence electrons. The Balaban J connectivity index is 3.18. The highest BCUT2D eigenvalue weighted by Gasteiger charge is 2.26. The van der Waals surface area contributed by atoms with Gasteiger partial charge in [0.1, 0.15) is 11.6 Å². The number of rotatable bonds is 3. The van der Waals surface area contributed by atoms with E-state index in [1.807, 2.05) is 0 Å². The Bertz CT molecular complexity index is 407. The Morgan fingerprint density at radius 2 is 1.81 bits per heavy atom. The summed E-state index contributed by atoms with van der Waals surface area (Å²) in [6, 6.07) is 2.30. The second-order valence-corrected chi connectivity index (χ2v) is 5.00. The van der Waals surface area contributed by atoms with E-state index >= 15 is 0 Å². The van der Waals surface area contributed by atoms with Crippen molar-refractivity contribution >= 4 is 21.9 Å². The number of carboxylic acid groups (broad SMARTS) is 1. The molecule has 1 aromatic carbocycles. The molecule has 0 radical (unpaired) electrons. The molecule has 0 fully saturated rings. The Labute approximate surface area is 100 Å². The molecule has 0 spiro atoms. The monoisotopic (exact) mass is 292 g/mol. The van der Waals surface area contributed by atoms with Gasteiger partial charge in [0.15, 0.2) is 0 Å². The van der Waals surface area contributed by atoms with Gasteiger partial charge in [0, 0.05) is 5.41 Å². The molecule has 0 aliphatic rings. The molecule has 0 heterocycles. The lowest BCUT2D eigenvalue weighted by molar-refractivity contribution is -0.138. The van der Waals surface area contributed by atoms with Crippen LogP contribution in [0.15, 0.2) is 16.6 Å². The van der Waals surface area contributed by atoms with Gasteiger partial charge >= 0.3 is 5.97 Å². The smallest absolute Gasteiger partial charge is 0.304 e. The van der Waals surface area contributed by atoms with Crippen molar-refractivity contribution in [2.45, 2.75) is 25.7 Å². The predicted molar refractivity (Wildman–Crippen MR) is 59.3 cm³/mol. The quantitative estimate of drug-likeness (QED) is 0.866. The highest BCUT2D eigenvalue weighted by atomic mass is 79.9. The van der Waals surface area contributed by atoms with Gasteiger partial charge in [-0.15, -0.1) is 0 Å². The fraction of sp³-hybridized carbons (Fsp3) is 0.364. The number of hydrogen-bond donors (Lipinski definition) is 1. The molecule has 5 heteroatoms. The summed E-state index contributed by atoms with van der Waals surface area (Å²) in [6.45, 7) is 3.26. The average Bonchev–Trinajstić information content (AvgIpc) is 2.11. The maximum Gasteiger partial charge on any atom is 0.304 e. The topological polar surface area (TPSA) is 37.3 Å². The molecule has 0 saturated carbocycles. The highest BCUT2D eigenvalue weighted by Crippen LogP contribution is 2.31. The standard InChI is InChI=1S/C11H11BrF2O2/c1-11(2,5-9(15)16)6-3-7(13)10(12)8(14)4-6/h3-4H,5H2,1-2H3,(H,15,16). The fourth-order valence-electron chi connectivity index (χ4n) is 1.43. The molecule has 0 aliphatic heterocycles. The summed E-state index contributed by atoms with van der Waals surface area (Å²) in [5.41, 5.74) is -0.484. The van der Waals surface area contributed by atoms with E-state index in [9.17, 15) is 13.6 Å². The van der Waals surface area contributed by atoms with E-state index in [2.05, 4.69) is 15.9 Å². The van der Waals surface area contributed by atoms with Crippen molar-refractivity contribution < 1.29 is 18.7 Å². The third-order valence-corrected chi connectivity index (χ3v) is 3.12. The SMILES string of the molecule is CC(C)(CC(=O)O)c1cc(F)c(Br)c(F)c1. The molecule has 0 atom stereocenters. The lowest BCUT2D eigenvalue weighted by atomic mass is 9.81. The van der Waals surface area contributed by atoms with Crippen LogP contribution in [0.25, 0.3) is 0 Å². The molecule has 1 rings (SSSR count). The van der Waals surface area contributed by atoms with Gasteiger partial charge < -0.3 is 5.11 Å². The first-order chi connectivity index (χ1) is 7.24. The highest BCUT2D eigenvalue weighted by molar-refractivity contribution is 9.10. The number of hydrogen-bond acceptors (Lipinski definition) is 1.